The summed E-state index contributed by atoms with van der Waals surface area (Å²) in [6.07, 6.45) is 2.21. The minimum Gasteiger partial charge on any atom is -0.388 e. The second-order valence-corrected chi connectivity index (χ2v) is 5.59. The molecular weight excluding hydrogens is 279 g/mol. The van der Waals surface area contributed by atoms with E-state index in [4.69, 9.17) is 0 Å². The van der Waals surface area contributed by atoms with Gasteiger partial charge in [0, 0.05) is 12.1 Å². The van der Waals surface area contributed by atoms with E-state index in [1.807, 2.05) is 37.3 Å². The maximum absolute atomic E-state index is 13.0. The Bertz CT molecular complexity index is 559. The third kappa shape index (κ3) is 4.61. The number of nitrogens with one attached hydrogen (secondary N) is 1. The van der Waals surface area contributed by atoms with Crippen molar-refractivity contribution < 1.29 is 9.50 Å². The Hall–Kier alpha value is -1.78. The van der Waals surface area contributed by atoms with Crippen molar-refractivity contribution in [2.24, 2.45) is 0 Å². The van der Waals surface area contributed by atoms with Crippen molar-refractivity contribution in [3.8, 4) is 0 Å². The Morgan fingerprint density at radius 2 is 1.91 bits per heavy atom. The Balaban J connectivity index is 1.94. The van der Waals surface area contributed by atoms with E-state index in [1.54, 1.807) is 6.07 Å². The molecule has 0 aliphatic carbocycles. The van der Waals surface area contributed by atoms with Gasteiger partial charge in [-0.05, 0) is 37.5 Å². The summed E-state index contributed by atoms with van der Waals surface area (Å²) in [5.74, 6) is -0.328. The Morgan fingerprint density at radius 3 is 2.50 bits per heavy atom. The quantitative estimate of drug-likeness (QED) is 0.818. The lowest BCUT2D eigenvalue weighted by atomic mass is 10.0. The molecule has 2 aromatic rings. The average molecular weight is 302 g/mol. The van der Waals surface area contributed by atoms with Gasteiger partial charge in [0.05, 0.1) is 18.0 Å². The van der Waals surface area contributed by atoms with E-state index in [2.05, 4.69) is 17.2 Å². The molecule has 118 valence electrons. The fourth-order valence-corrected chi connectivity index (χ4v) is 2.56. The van der Waals surface area contributed by atoms with Crippen LogP contribution in [0.3, 0.4) is 0 Å². The molecule has 0 amide bonds. The number of hydrogen-bond acceptors (Lipinski definition) is 3. The van der Waals surface area contributed by atoms with E-state index in [0.29, 0.717) is 6.42 Å². The summed E-state index contributed by atoms with van der Waals surface area (Å²) in [5, 5.41) is 13.7. The molecule has 2 N–H and O–H groups in total. The first kappa shape index (κ1) is 16.6. The predicted octanol–water partition coefficient (Wildman–Crippen LogP) is 3.77. The number of hydrogen-bond donors (Lipinski definition) is 2. The molecule has 3 unspecified atom stereocenters. The SMILES string of the molecule is CCC(NC(C)CC(O)c1ccccc1)c1ccc(F)cn1. The summed E-state index contributed by atoms with van der Waals surface area (Å²) in [7, 11) is 0. The lowest BCUT2D eigenvalue weighted by Crippen LogP contribution is -2.32. The van der Waals surface area contributed by atoms with Crippen LogP contribution in [-0.4, -0.2) is 16.1 Å². The van der Waals surface area contributed by atoms with Crippen molar-refractivity contribution in [3.63, 3.8) is 0 Å². The van der Waals surface area contributed by atoms with E-state index >= 15 is 0 Å². The minimum absolute atomic E-state index is 0.0542. The van der Waals surface area contributed by atoms with E-state index in [-0.39, 0.29) is 17.9 Å². The van der Waals surface area contributed by atoms with E-state index in [0.717, 1.165) is 17.7 Å². The van der Waals surface area contributed by atoms with E-state index in [1.165, 1.54) is 12.3 Å². The van der Waals surface area contributed by atoms with Crippen molar-refractivity contribution in [1.82, 2.24) is 10.3 Å². The Labute approximate surface area is 131 Å². The van der Waals surface area contributed by atoms with Gasteiger partial charge in [0.15, 0.2) is 0 Å². The normalized spacial score (nSPS) is 15.3. The molecule has 0 saturated heterocycles. The molecule has 0 saturated carbocycles. The van der Waals surface area contributed by atoms with Gasteiger partial charge in [0.1, 0.15) is 5.82 Å². The van der Waals surface area contributed by atoms with Crippen molar-refractivity contribution in [1.29, 1.82) is 0 Å². The molecule has 0 bridgehead atoms. The molecule has 1 aromatic heterocycles. The highest BCUT2D eigenvalue weighted by molar-refractivity contribution is 5.17. The predicted molar refractivity (Wildman–Crippen MR) is 85.8 cm³/mol. The number of aliphatic hydroxyl groups excluding tert-OH is 1. The molecule has 0 radical (unpaired) electrons. The van der Waals surface area contributed by atoms with Gasteiger partial charge in [-0.2, -0.15) is 0 Å². The monoisotopic (exact) mass is 302 g/mol. The topological polar surface area (TPSA) is 45.1 Å². The second-order valence-electron chi connectivity index (χ2n) is 5.59. The van der Waals surface area contributed by atoms with Gasteiger partial charge in [0.25, 0.3) is 0 Å². The highest BCUT2D eigenvalue weighted by atomic mass is 19.1. The van der Waals surface area contributed by atoms with Crippen LogP contribution in [0.1, 0.15) is 50.1 Å². The number of rotatable bonds is 7. The molecule has 4 heteroatoms. The summed E-state index contributed by atoms with van der Waals surface area (Å²) in [6, 6.07) is 12.9. The Morgan fingerprint density at radius 1 is 1.18 bits per heavy atom. The largest absolute Gasteiger partial charge is 0.388 e. The number of halogens is 1. The van der Waals surface area contributed by atoms with Crippen molar-refractivity contribution in [2.45, 2.75) is 44.9 Å². The highest BCUT2D eigenvalue weighted by Gasteiger charge is 2.17. The zero-order valence-corrected chi connectivity index (χ0v) is 13.0. The fourth-order valence-electron chi connectivity index (χ4n) is 2.56. The molecule has 1 heterocycles. The fraction of sp³-hybridized carbons (Fsp3) is 0.389. The van der Waals surface area contributed by atoms with Gasteiger partial charge in [-0.3, -0.25) is 4.98 Å². The lowest BCUT2D eigenvalue weighted by molar-refractivity contribution is 0.151. The smallest absolute Gasteiger partial charge is 0.141 e. The first-order valence-corrected chi connectivity index (χ1v) is 7.70. The summed E-state index contributed by atoms with van der Waals surface area (Å²) in [4.78, 5) is 4.14. The zero-order valence-electron chi connectivity index (χ0n) is 13.0. The molecule has 0 aliphatic rings. The van der Waals surface area contributed by atoms with Crippen molar-refractivity contribution in [3.05, 3.63) is 65.7 Å². The van der Waals surface area contributed by atoms with E-state index in [9.17, 15) is 9.50 Å². The van der Waals surface area contributed by atoms with Gasteiger partial charge in [0.2, 0.25) is 0 Å². The van der Waals surface area contributed by atoms with Gasteiger partial charge in [-0.15, -0.1) is 0 Å². The van der Waals surface area contributed by atoms with Crippen LogP contribution >= 0.6 is 0 Å². The van der Waals surface area contributed by atoms with Gasteiger partial charge in [-0.25, -0.2) is 4.39 Å². The zero-order chi connectivity index (χ0) is 15.9. The van der Waals surface area contributed by atoms with Crippen molar-refractivity contribution in [2.75, 3.05) is 0 Å². The molecular formula is C18H23FN2O. The van der Waals surface area contributed by atoms with Crippen LogP contribution in [0, 0.1) is 5.82 Å². The summed E-state index contributed by atoms with van der Waals surface area (Å²) in [6.45, 7) is 4.10. The first-order valence-electron chi connectivity index (χ1n) is 7.70. The molecule has 3 atom stereocenters. The molecule has 0 spiro atoms. The molecule has 1 aromatic carbocycles. The summed E-state index contributed by atoms with van der Waals surface area (Å²) in [5.41, 5.74) is 1.74. The van der Waals surface area contributed by atoms with E-state index < -0.39 is 6.10 Å². The average Bonchev–Trinajstić information content (AvgIpc) is 2.54. The van der Waals surface area contributed by atoms with Crippen LogP contribution in [-0.2, 0) is 0 Å². The second kappa shape index (κ2) is 8.01. The first-order chi connectivity index (χ1) is 10.6. The third-order valence-electron chi connectivity index (χ3n) is 3.76. The number of pyridine rings is 1. The maximum atomic E-state index is 13.0. The highest BCUT2D eigenvalue weighted by Crippen LogP contribution is 2.21. The van der Waals surface area contributed by atoms with Gasteiger partial charge in [-0.1, -0.05) is 37.3 Å². The minimum atomic E-state index is -0.498. The van der Waals surface area contributed by atoms with Crippen LogP contribution < -0.4 is 5.32 Å². The Kier molecular flexibility index (Phi) is 6.04. The molecule has 2 rings (SSSR count). The molecule has 3 nitrogen and oxygen atoms in total. The standard InChI is InChI=1S/C18H23FN2O/c1-3-16(17-10-9-15(19)12-20-17)21-13(2)11-18(22)14-7-5-4-6-8-14/h4-10,12-13,16,18,21-22H,3,11H2,1-2H3. The molecule has 0 fully saturated rings. The van der Waals surface area contributed by atoms with Crippen LogP contribution in [0.2, 0.25) is 0 Å². The number of benzene rings is 1. The van der Waals surface area contributed by atoms with Crippen LogP contribution in [0.15, 0.2) is 48.7 Å². The van der Waals surface area contributed by atoms with Crippen molar-refractivity contribution >= 4 is 0 Å². The third-order valence-corrected chi connectivity index (χ3v) is 3.76. The van der Waals surface area contributed by atoms with Crippen LogP contribution in [0.4, 0.5) is 4.39 Å². The summed E-state index contributed by atoms with van der Waals surface area (Å²) < 4.78 is 13.0. The number of aliphatic hydroxyl groups is 1. The van der Waals surface area contributed by atoms with Gasteiger partial charge < -0.3 is 10.4 Å². The lowest BCUT2D eigenvalue weighted by Gasteiger charge is -2.24. The molecule has 22 heavy (non-hydrogen) atoms. The number of aromatic nitrogens is 1. The van der Waals surface area contributed by atoms with Gasteiger partial charge >= 0.3 is 0 Å². The molecule has 0 aliphatic heterocycles. The van der Waals surface area contributed by atoms with Crippen LogP contribution in [0.25, 0.3) is 0 Å². The van der Waals surface area contributed by atoms with Crippen LogP contribution in [0.5, 0.6) is 0 Å². The maximum Gasteiger partial charge on any atom is 0.141 e. The number of nitrogens with zero attached hydrogens (tertiary/aromatic N) is 1. The summed E-state index contributed by atoms with van der Waals surface area (Å²) >= 11 is 0.